The molecule has 0 bridgehead atoms. The van der Waals surface area contributed by atoms with Crippen LogP contribution in [0.1, 0.15) is 0 Å². The van der Waals surface area contributed by atoms with Crippen LogP contribution >= 0.6 is 23.4 Å². The van der Waals surface area contributed by atoms with E-state index in [0.29, 0.717) is 26.6 Å². The van der Waals surface area contributed by atoms with Gasteiger partial charge in [-0.3, -0.25) is 4.57 Å². The highest BCUT2D eigenvalue weighted by molar-refractivity contribution is 7.99. The highest BCUT2D eigenvalue weighted by atomic mass is 35.5. The zero-order valence-corrected chi connectivity index (χ0v) is 17.6. The number of aryl methyl sites for hydroxylation is 1. The van der Waals surface area contributed by atoms with E-state index in [0.717, 1.165) is 23.0 Å². The highest BCUT2D eigenvalue weighted by Gasteiger charge is 2.24. The van der Waals surface area contributed by atoms with E-state index in [9.17, 15) is 10.1 Å². The van der Waals surface area contributed by atoms with E-state index >= 15 is 0 Å². The number of imidazole rings is 2. The average molecular weight is 442 g/mol. The van der Waals surface area contributed by atoms with Crippen LogP contribution in [-0.2, 0) is 7.05 Å². The average Bonchev–Trinajstić information content (AvgIpc) is 3.33. The van der Waals surface area contributed by atoms with Crippen LogP contribution in [0.25, 0.3) is 16.9 Å². The van der Waals surface area contributed by atoms with Gasteiger partial charge < -0.3 is 19.4 Å². The van der Waals surface area contributed by atoms with Crippen LogP contribution in [0.4, 0.5) is 5.82 Å². The molecule has 0 N–H and O–H groups in total. The van der Waals surface area contributed by atoms with Crippen molar-refractivity contribution in [3.63, 3.8) is 0 Å². The second kappa shape index (κ2) is 8.21. The van der Waals surface area contributed by atoms with Gasteiger partial charge in [0, 0.05) is 23.8 Å². The summed E-state index contributed by atoms with van der Waals surface area (Å²) >= 11 is 7.17. The van der Waals surface area contributed by atoms with Gasteiger partial charge >= 0.3 is 5.82 Å². The van der Waals surface area contributed by atoms with Crippen LogP contribution in [0, 0.1) is 10.1 Å². The van der Waals surface area contributed by atoms with Gasteiger partial charge in [0.05, 0.1) is 18.5 Å². The predicted octanol–water partition coefficient (Wildman–Crippen LogP) is 4.99. The Balaban J connectivity index is 1.87. The minimum Gasteiger partial charge on any atom is -0.495 e. The Morgan fingerprint density at radius 1 is 1.17 bits per heavy atom. The maximum atomic E-state index is 11.4. The molecule has 10 heteroatoms. The number of aromatic nitrogens is 4. The molecule has 0 saturated carbocycles. The van der Waals surface area contributed by atoms with Crippen molar-refractivity contribution in [2.24, 2.45) is 7.05 Å². The van der Waals surface area contributed by atoms with Gasteiger partial charge in [0.1, 0.15) is 5.75 Å². The van der Waals surface area contributed by atoms with E-state index < -0.39 is 4.92 Å². The first-order chi connectivity index (χ1) is 14.5. The summed E-state index contributed by atoms with van der Waals surface area (Å²) in [5, 5.41) is 12.9. The molecule has 8 nitrogen and oxygen atoms in total. The molecular weight excluding hydrogens is 426 g/mol. The Morgan fingerprint density at radius 2 is 1.90 bits per heavy atom. The van der Waals surface area contributed by atoms with Crippen LogP contribution in [0.15, 0.2) is 71.2 Å². The van der Waals surface area contributed by atoms with Crippen molar-refractivity contribution in [3.8, 4) is 22.7 Å². The van der Waals surface area contributed by atoms with Crippen molar-refractivity contribution >= 4 is 29.2 Å². The maximum absolute atomic E-state index is 11.4. The Hall–Kier alpha value is -3.30. The first-order valence-electron chi connectivity index (χ1n) is 8.80. The fourth-order valence-corrected chi connectivity index (χ4v) is 4.03. The second-order valence-corrected chi connectivity index (χ2v) is 7.69. The summed E-state index contributed by atoms with van der Waals surface area (Å²) in [5.41, 5.74) is 2.33. The van der Waals surface area contributed by atoms with Crippen LogP contribution in [0.5, 0.6) is 5.75 Å². The van der Waals surface area contributed by atoms with Crippen LogP contribution in [0.3, 0.4) is 0 Å². The Bertz CT molecular complexity index is 1220. The van der Waals surface area contributed by atoms with Crippen molar-refractivity contribution < 1.29 is 9.66 Å². The minimum atomic E-state index is -0.501. The van der Waals surface area contributed by atoms with Gasteiger partial charge in [-0.05, 0) is 45.9 Å². The van der Waals surface area contributed by atoms with Crippen molar-refractivity contribution in [2.75, 3.05) is 7.11 Å². The lowest BCUT2D eigenvalue weighted by molar-refractivity contribution is -0.392. The monoisotopic (exact) mass is 441 g/mol. The highest BCUT2D eigenvalue weighted by Crippen LogP contribution is 2.37. The number of rotatable bonds is 6. The van der Waals surface area contributed by atoms with E-state index in [1.165, 1.54) is 6.33 Å². The number of benzene rings is 2. The summed E-state index contributed by atoms with van der Waals surface area (Å²) in [6, 6.07) is 14.8. The van der Waals surface area contributed by atoms with Crippen molar-refractivity contribution in [1.29, 1.82) is 0 Å². The maximum Gasteiger partial charge on any atom is 0.396 e. The van der Waals surface area contributed by atoms with Gasteiger partial charge in [0.2, 0.25) is 6.33 Å². The summed E-state index contributed by atoms with van der Waals surface area (Å²) in [4.78, 5) is 19.5. The third kappa shape index (κ3) is 3.77. The van der Waals surface area contributed by atoms with Crippen molar-refractivity contribution in [1.82, 2.24) is 19.1 Å². The molecule has 0 aliphatic carbocycles. The van der Waals surface area contributed by atoms with Gasteiger partial charge in [-0.15, -0.1) is 0 Å². The van der Waals surface area contributed by atoms with Gasteiger partial charge in [0.25, 0.3) is 0 Å². The van der Waals surface area contributed by atoms with Gasteiger partial charge in [-0.1, -0.05) is 35.9 Å². The molecule has 0 amide bonds. The van der Waals surface area contributed by atoms with Crippen molar-refractivity contribution in [2.45, 2.75) is 10.2 Å². The molecular formula is C20H16ClN5O3S. The number of para-hydroxylation sites is 2. The number of hydrogen-bond donors (Lipinski definition) is 0. The normalized spacial score (nSPS) is 10.9. The molecule has 0 spiro atoms. The summed E-state index contributed by atoms with van der Waals surface area (Å²) in [6.45, 7) is 0. The third-order valence-electron chi connectivity index (χ3n) is 4.38. The second-order valence-electron chi connectivity index (χ2n) is 6.30. The smallest absolute Gasteiger partial charge is 0.396 e. The summed E-state index contributed by atoms with van der Waals surface area (Å²) in [5.74, 6) is 0.434. The molecule has 0 unspecified atom stereocenters. The lowest BCUT2D eigenvalue weighted by Crippen LogP contribution is -2.00. The summed E-state index contributed by atoms with van der Waals surface area (Å²) < 4.78 is 8.96. The number of ether oxygens (including phenoxy) is 1. The predicted molar refractivity (Wildman–Crippen MR) is 115 cm³/mol. The fraction of sp³-hybridized carbons (Fsp3) is 0.100. The molecule has 0 atom stereocenters. The molecule has 0 aliphatic heterocycles. The molecule has 30 heavy (non-hydrogen) atoms. The number of methoxy groups -OCH3 is 1. The van der Waals surface area contributed by atoms with E-state index in [-0.39, 0.29) is 5.82 Å². The molecule has 0 aliphatic rings. The van der Waals surface area contributed by atoms with Crippen LogP contribution in [0.2, 0.25) is 5.02 Å². The molecule has 2 aromatic heterocycles. The lowest BCUT2D eigenvalue weighted by Gasteiger charge is -2.11. The number of hydrogen-bond acceptors (Lipinski definition) is 6. The fourth-order valence-electron chi connectivity index (χ4n) is 2.93. The minimum absolute atomic E-state index is 0.217. The molecule has 0 fully saturated rings. The summed E-state index contributed by atoms with van der Waals surface area (Å²) in [7, 11) is 3.30. The summed E-state index contributed by atoms with van der Waals surface area (Å²) in [6.07, 6.45) is 3.28. The van der Waals surface area contributed by atoms with Crippen LogP contribution in [-0.4, -0.2) is 31.1 Å². The molecule has 0 radical (unpaired) electrons. The largest absolute Gasteiger partial charge is 0.495 e. The zero-order chi connectivity index (χ0) is 21.3. The number of halogens is 1. The van der Waals surface area contributed by atoms with Gasteiger partial charge in [0.15, 0.2) is 10.2 Å². The standard InChI is InChI=1S/C20H16ClN5O3S/c1-24-12-22-18(26(27)28)19(24)30-20-23-15(13-7-9-14(21)10-8-13)11-25(20)16-5-3-4-6-17(16)29-2/h3-12H,1-2H3. The molecule has 4 rings (SSSR count). The van der Waals surface area contributed by atoms with Crippen LogP contribution < -0.4 is 4.74 Å². The first kappa shape index (κ1) is 20.0. The van der Waals surface area contributed by atoms with Gasteiger partial charge in [-0.25, -0.2) is 4.98 Å². The Labute approximate surface area is 181 Å². The molecule has 2 aromatic carbocycles. The van der Waals surface area contributed by atoms with E-state index in [1.807, 2.05) is 47.2 Å². The van der Waals surface area contributed by atoms with Crippen molar-refractivity contribution in [3.05, 3.63) is 76.2 Å². The SMILES string of the molecule is COc1ccccc1-n1cc(-c2ccc(Cl)cc2)nc1Sc1c([N+](=O)[O-])ncn1C. The van der Waals surface area contributed by atoms with E-state index in [2.05, 4.69) is 4.98 Å². The lowest BCUT2D eigenvalue weighted by atomic mass is 10.2. The zero-order valence-electron chi connectivity index (χ0n) is 16.0. The molecule has 4 aromatic rings. The Morgan fingerprint density at radius 3 is 2.60 bits per heavy atom. The first-order valence-corrected chi connectivity index (χ1v) is 9.99. The number of nitro groups is 1. The molecule has 0 saturated heterocycles. The Kier molecular flexibility index (Phi) is 5.47. The quantitative estimate of drug-likeness (QED) is 0.309. The van der Waals surface area contributed by atoms with Gasteiger partial charge in [-0.2, -0.15) is 0 Å². The molecule has 152 valence electrons. The van der Waals surface area contributed by atoms with E-state index in [4.69, 9.17) is 21.3 Å². The van der Waals surface area contributed by atoms with E-state index in [1.54, 1.807) is 30.9 Å². The number of nitrogens with zero attached hydrogens (tertiary/aromatic N) is 5. The topological polar surface area (TPSA) is 88.0 Å². The molecule has 2 heterocycles. The third-order valence-corrected chi connectivity index (χ3v) is 5.77.